The van der Waals surface area contributed by atoms with Crippen LogP contribution in [0.4, 0.5) is 0 Å². The summed E-state index contributed by atoms with van der Waals surface area (Å²) in [6, 6.07) is 0. The molecule has 0 spiro atoms. The summed E-state index contributed by atoms with van der Waals surface area (Å²) in [5.74, 6) is 0.881. The Morgan fingerprint density at radius 3 is 2.83 bits per heavy atom. The largest absolute Gasteiger partial charge is 0.317 e. The van der Waals surface area contributed by atoms with Crippen LogP contribution in [-0.4, -0.2) is 36.1 Å². The summed E-state index contributed by atoms with van der Waals surface area (Å²) in [4.78, 5) is 8.38. The van der Waals surface area contributed by atoms with Gasteiger partial charge in [-0.25, -0.2) is 4.98 Å². The first-order chi connectivity index (χ1) is 8.78. The molecule has 4 heteroatoms. The maximum atomic E-state index is 4.36. The van der Waals surface area contributed by atoms with E-state index < -0.39 is 0 Å². The molecule has 1 aromatic rings. The fourth-order valence-corrected chi connectivity index (χ4v) is 3.52. The smallest absolute Gasteiger partial charge is 0.0897 e. The first kappa shape index (κ1) is 14.0. The van der Waals surface area contributed by atoms with Crippen LogP contribution in [0.25, 0.3) is 0 Å². The van der Waals surface area contributed by atoms with Gasteiger partial charge in [0.05, 0.1) is 5.01 Å². The molecule has 0 saturated carbocycles. The number of aryl methyl sites for hydroxylation is 1. The second-order valence-electron chi connectivity index (χ2n) is 5.27. The molecule has 0 aromatic carbocycles. The highest BCUT2D eigenvalue weighted by Gasteiger charge is 2.17. The molecule has 1 aromatic heterocycles. The minimum Gasteiger partial charge on any atom is -0.317 e. The first-order valence-electron chi connectivity index (χ1n) is 7.12. The summed E-state index contributed by atoms with van der Waals surface area (Å²) in [5, 5.41) is 4.63. The van der Waals surface area contributed by atoms with Gasteiger partial charge in [-0.15, -0.1) is 11.3 Å². The van der Waals surface area contributed by atoms with Crippen molar-refractivity contribution in [3.8, 4) is 0 Å². The van der Waals surface area contributed by atoms with E-state index in [0.29, 0.717) is 0 Å². The molecule has 1 aliphatic heterocycles. The van der Waals surface area contributed by atoms with E-state index in [1.807, 2.05) is 17.5 Å². The lowest BCUT2D eigenvalue weighted by Crippen LogP contribution is -2.36. The van der Waals surface area contributed by atoms with E-state index in [4.69, 9.17) is 0 Å². The van der Waals surface area contributed by atoms with Crippen molar-refractivity contribution in [3.63, 3.8) is 0 Å². The number of rotatable bonds is 6. The molecule has 0 atom stereocenters. The maximum Gasteiger partial charge on any atom is 0.0897 e. The van der Waals surface area contributed by atoms with Crippen LogP contribution in [0, 0.1) is 12.8 Å². The molecule has 1 saturated heterocycles. The molecule has 0 aliphatic carbocycles. The van der Waals surface area contributed by atoms with Gasteiger partial charge in [-0.2, -0.15) is 0 Å². The third-order valence-corrected chi connectivity index (χ3v) is 4.46. The van der Waals surface area contributed by atoms with Gasteiger partial charge in [0.25, 0.3) is 0 Å². The van der Waals surface area contributed by atoms with E-state index in [0.717, 1.165) is 12.5 Å². The summed E-state index contributed by atoms with van der Waals surface area (Å²) in [6.45, 7) is 10.3. The summed E-state index contributed by atoms with van der Waals surface area (Å²) in [6.07, 6.45) is 5.96. The number of piperidine rings is 1. The Morgan fingerprint density at radius 2 is 2.22 bits per heavy atom. The summed E-state index contributed by atoms with van der Waals surface area (Å²) in [5.41, 5.74) is 0. The molecule has 18 heavy (non-hydrogen) atoms. The SMILES string of the molecule is CCCN(Cc1cnc(C)s1)CC1CCNCC1. The van der Waals surface area contributed by atoms with Gasteiger partial charge in [0.1, 0.15) is 0 Å². The highest BCUT2D eigenvalue weighted by atomic mass is 32.1. The molecular weight excluding hydrogens is 242 g/mol. The van der Waals surface area contributed by atoms with Crippen LogP contribution in [0.15, 0.2) is 6.20 Å². The van der Waals surface area contributed by atoms with Gasteiger partial charge >= 0.3 is 0 Å². The zero-order chi connectivity index (χ0) is 12.8. The Kier molecular flexibility index (Phi) is 5.60. The molecule has 0 bridgehead atoms. The molecule has 0 amide bonds. The van der Waals surface area contributed by atoms with Crippen molar-refractivity contribution >= 4 is 11.3 Å². The minimum atomic E-state index is 0.881. The van der Waals surface area contributed by atoms with Crippen LogP contribution in [0.2, 0.25) is 0 Å². The predicted octanol–water partition coefficient (Wildman–Crippen LogP) is 2.66. The van der Waals surface area contributed by atoms with Crippen LogP contribution in [0.5, 0.6) is 0 Å². The summed E-state index contributed by atoms with van der Waals surface area (Å²) in [7, 11) is 0. The fourth-order valence-electron chi connectivity index (χ4n) is 2.68. The van der Waals surface area contributed by atoms with Gasteiger partial charge in [0.15, 0.2) is 0 Å². The average molecular weight is 267 g/mol. The molecule has 0 radical (unpaired) electrons. The minimum absolute atomic E-state index is 0.881. The fraction of sp³-hybridized carbons (Fsp3) is 0.786. The summed E-state index contributed by atoms with van der Waals surface area (Å²) >= 11 is 1.84. The second kappa shape index (κ2) is 7.22. The highest BCUT2D eigenvalue weighted by Crippen LogP contribution is 2.18. The molecular formula is C14H25N3S. The lowest BCUT2D eigenvalue weighted by atomic mass is 9.97. The lowest BCUT2D eigenvalue weighted by molar-refractivity contribution is 0.200. The van der Waals surface area contributed by atoms with E-state index in [-0.39, 0.29) is 0 Å². The van der Waals surface area contributed by atoms with Crippen molar-refractivity contribution in [2.24, 2.45) is 5.92 Å². The van der Waals surface area contributed by atoms with Gasteiger partial charge in [-0.1, -0.05) is 6.92 Å². The van der Waals surface area contributed by atoms with Gasteiger partial charge in [-0.05, 0) is 51.7 Å². The topological polar surface area (TPSA) is 28.2 Å². The maximum absolute atomic E-state index is 4.36. The van der Waals surface area contributed by atoms with Gasteiger partial charge in [-0.3, -0.25) is 4.90 Å². The van der Waals surface area contributed by atoms with Crippen molar-refractivity contribution in [3.05, 3.63) is 16.1 Å². The molecule has 1 N–H and O–H groups in total. The van der Waals surface area contributed by atoms with Crippen molar-refractivity contribution < 1.29 is 0 Å². The molecule has 2 heterocycles. The predicted molar refractivity (Wildman–Crippen MR) is 78.0 cm³/mol. The third-order valence-electron chi connectivity index (χ3n) is 3.56. The quantitative estimate of drug-likeness (QED) is 0.859. The Morgan fingerprint density at radius 1 is 1.44 bits per heavy atom. The Balaban J connectivity index is 1.86. The number of aromatic nitrogens is 1. The van der Waals surface area contributed by atoms with Crippen LogP contribution in [-0.2, 0) is 6.54 Å². The molecule has 1 aliphatic rings. The molecule has 102 valence electrons. The van der Waals surface area contributed by atoms with E-state index in [9.17, 15) is 0 Å². The van der Waals surface area contributed by atoms with Crippen LogP contribution in [0.1, 0.15) is 36.1 Å². The monoisotopic (exact) mass is 267 g/mol. The van der Waals surface area contributed by atoms with Gasteiger partial charge in [0, 0.05) is 24.2 Å². The number of thiazole rings is 1. The second-order valence-corrected chi connectivity index (χ2v) is 6.59. The third kappa shape index (κ3) is 4.34. The zero-order valence-electron chi connectivity index (χ0n) is 11.6. The Bertz CT molecular complexity index is 345. The van der Waals surface area contributed by atoms with Crippen LogP contribution in [0.3, 0.4) is 0 Å². The zero-order valence-corrected chi connectivity index (χ0v) is 12.4. The van der Waals surface area contributed by atoms with E-state index in [1.165, 1.54) is 55.3 Å². The number of hydrogen-bond donors (Lipinski definition) is 1. The average Bonchev–Trinajstić information content (AvgIpc) is 2.76. The van der Waals surface area contributed by atoms with Crippen molar-refractivity contribution in [2.45, 2.75) is 39.7 Å². The number of nitrogens with one attached hydrogen (secondary N) is 1. The Hall–Kier alpha value is -0.450. The van der Waals surface area contributed by atoms with E-state index in [1.54, 1.807) is 0 Å². The van der Waals surface area contributed by atoms with Crippen molar-refractivity contribution in [1.82, 2.24) is 15.2 Å². The van der Waals surface area contributed by atoms with Crippen molar-refractivity contribution in [1.29, 1.82) is 0 Å². The normalized spacial score (nSPS) is 17.5. The highest BCUT2D eigenvalue weighted by molar-refractivity contribution is 7.11. The number of nitrogens with zero attached hydrogens (tertiary/aromatic N) is 2. The van der Waals surface area contributed by atoms with E-state index >= 15 is 0 Å². The van der Waals surface area contributed by atoms with Gasteiger partial charge < -0.3 is 5.32 Å². The molecule has 3 nitrogen and oxygen atoms in total. The molecule has 0 unspecified atom stereocenters. The Labute approximate surface area is 115 Å². The molecule has 1 fully saturated rings. The van der Waals surface area contributed by atoms with Gasteiger partial charge in [0.2, 0.25) is 0 Å². The number of hydrogen-bond acceptors (Lipinski definition) is 4. The first-order valence-corrected chi connectivity index (χ1v) is 7.94. The van der Waals surface area contributed by atoms with Crippen LogP contribution < -0.4 is 5.32 Å². The van der Waals surface area contributed by atoms with Crippen LogP contribution >= 0.6 is 11.3 Å². The lowest BCUT2D eigenvalue weighted by Gasteiger charge is -2.29. The van der Waals surface area contributed by atoms with Crippen molar-refractivity contribution in [2.75, 3.05) is 26.2 Å². The summed E-state index contributed by atoms with van der Waals surface area (Å²) < 4.78 is 0. The van der Waals surface area contributed by atoms with E-state index in [2.05, 4.69) is 29.0 Å². The standard InChI is InChI=1S/C14H25N3S/c1-3-8-17(10-13-4-6-15-7-5-13)11-14-9-16-12(2)18-14/h9,13,15H,3-8,10-11H2,1-2H3. The molecule has 2 rings (SSSR count).